The maximum atomic E-state index is 11.1. The minimum absolute atomic E-state index is 0.455. The summed E-state index contributed by atoms with van der Waals surface area (Å²) in [6.45, 7) is 1.90. The van der Waals surface area contributed by atoms with Crippen molar-refractivity contribution >= 4 is 5.78 Å². The Morgan fingerprint density at radius 3 is 3.09 bits per heavy atom. The molecule has 1 unspecified atom stereocenters. The van der Waals surface area contributed by atoms with Crippen LogP contribution in [0, 0.1) is 0 Å². The highest BCUT2D eigenvalue weighted by Crippen LogP contribution is 2.23. The number of fused-ring (bicyclic) bond motifs is 1. The smallest absolute Gasteiger partial charge is 0.148 e. The SMILES string of the molecule is O=C1CC2CCCCCN2C1. The molecule has 0 bridgehead atoms. The molecule has 2 aliphatic rings. The minimum atomic E-state index is 0.455. The van der Waals surface area contributed by atoms with Crippen LogP contribution in [-0.2, 0) is 4.79 Å². The van der Waals surface area contributed by atoms with Gasteiger partial charge in [-0.2, -0.15) is 0 Å². The van der Waals surface area contributed by atoms with Gasteiger partial charge in [0, 0.05) is 12.5 Å². The first-order valence-electron chi connectivity index (χ1n) is 4.62. The first kappa shape index (κ1) is 7.29. The summed E-state index contributed by atoms with van der Waals surface area (Å²) in [4.78, 5) is 13.5. The van der Waals surface area contributed by atoms with Crippen molar-refractivity contribution < 1.29 is 4.79 Å². The minimum Gasteiger partial charge on any atom is -0.298 e. The summed E-state index contributed by atoms with van der Waals surface area (Å²) in [7, 11) is 0. The zero-order valence-corrected chi connectivity index (χ0v) is 6.88. The van der Waals surface area contributed by atoms with E-state index in [1.807, 2.05) is 0 Å². The Bertz CT molecular complexity index is 151. The van der Waals surface area contributed by atoms with Crippen LogP contribution in [0.3, 0.4) is 0 Å². The second kappa shape index (κ2) is 2.94. The normalized spacial score (nSPS) is 33.5. The summed E-state index contributed by atoms with van der Waals surface area (Å²) in [5.41, 5.74) is 0. The molecule has 0 amide bonds. The maximum Gasteiger partial charge on any atom is 0.148 e. The molecule has 1 atom stereocenters. The van der Waals surface area contributed by atoms with Gasteiger partial charge in [0.2, 0.25) is 0 Å². The average molecular weight is 153 g/mol. The zero-order valence-electron chi connectivity index (χ0n) is 6.88. The van der Waals surface area contributed by atoms with Crippen molar-refractivity contribution in [1.29, 1.82) is 0 Å². The van der Waals surface area contributed by atoms with Crippen molar-refractivity contribution in [2.45, 2.75) is 38.1 Å². The molecule has 0 spiro atoms. The highest BCUT2D eigenvalue weighted by molar-refractivity contribution is 5.83. The van der Waals surface area contributed by atoms with Gasteiger partial charge in [-0.3, -0.25) is 9.69 Å². The fraction of sp³-hybridized carbons (Fsp3) is 0.889. The van der Waals surface area contributed by atoms with Crippen molar-refractivity contribution in [3.05, 3.63) is 0 Å². The molecular formula is C9H15NO. The molecule has 0 aliphatic carbocycles. The van der Waals surface area contributed by atoms with Gasteiger partial charge in [-0.25, -0.2) is 0 Å². The molecule has 2 rings (SSSR count). The second-order valence-electron chi connectivity index (χ2n) is 3.72. The van der Waals surface area contributed by atoms with E-state index in [0.717, 1.165) is 19.5 Å². The van der Waals surface area contributed by atoms with Gasteiger partial charge >= 0.3 is 0 Å². The number of hydrogen-bond acceptors (Lipinski definition) is 2. The predicted molar refractivity (Wildman–Crippen MR) is 43.5 cm³/mol. The standard InChI is InChI=1S/C9H15NO/c11-9-6-8-4-2-1-3-5-10(8)7-9/h8H,1-7H2. The molecule has 0 N–H and O–H groups in total. The molecule has 0 aromatic heterocycles. The van der Waals surface area contributed by atoms with Gasteiger partial charge in [0.25, 0.3) is 0 Å². The van der Waals surface area contributed by atoms with E-state index in [9.17, 15) is 4.79 Å². The van der Waals surface area contributed by atoms with E-state index in [0.29, 0.717) is 11.8 Å². The molecule has 2 heterocycles. The zero-order chi connectivity index (χ0) is 7.68. The Morgan fingerprint density at radius 2 is 2.18 bits per heavy atom. The van der Waals surface area contributed by atoms with E-state index < -0.39 is 0 Å². The largest absolute Gasteiger partial charge is 0.298 e. The fourth-order valence-electron chi connectivity index (χ4n) is 2.23. The van der Waals surface area contributed by atoms with Crippen LogP contribution in [-0.4, -0.2) is 29.8 Å². The Labute approximate surface area is 67.6 Å². The Balaban J connectivity index is 2.01. The number of ketones is 1. The van der Waals surface area contributed by atoms with Gasteiger partial charge in [0.15, 0.2) is 0 Å². The molecule has 2 heteroatoms. The summed E-state index contributed by atoms with van der Waals surface area (Å²) in [5, 5.41) is 0. The molecule has 2 nitrogen and oxygen atoms in total. The first-order chi connectivity index (χ1) is 5.36. The van der Waals surface area contributed by atoms with Crippen molar-refractivity contribution in [3.8, 4) is 0 Å². The Kier molecular flexibility index (Phi) is 1.95. The van der Waals surface area contributed by atoms with Crippen LogP contribution in [0.2, 0.25) is 0 Å². The third kappa shape index (κ3) is 1.45. The lowest BCUT2D eigenvalue weighted by Gasteiger charge is -2.19. The van der Waals surface area contributed by atoms with Crippen molar-refractivity contribution in [1.82, 2.24) is 4.90 Å². The summed E-state index contributed by atoms with van der Waals surface area (Å²) in [6.07, 6.45) is 6.07. The van der Waals surface area contributed by atoms with Gasteiger partial charge in [0.1, 0.15) is 5.78 Å². The molecule has 62 valence electrons. The lowest BCUT2D eigenvalue weighted by molar-refractivity contribution is -0.116. The molecule has 2 aliphatic heterocycles. The van der Waals surface area contributed by atoms with E-state index in [1.54, 1.807) is 0 Å². The summed E-state index contributed by atoms with van der Waals surface area (Å²) in [5.74, 6) is 0.455. The Morgan fingerprint density at radius 1 is 1.27 bits per heavy atom. The monoisotopic (exact) mass is 153 g/mol. The molecular weight excluding hydrogens is 138 g/mol. The van der Waals surface area contributed by atoms with E-state index in [4.69, 9.17) is 0 Å². The quantitative estimate of drug-likeness (QED) is 0.521. The molecule has 0 saturated carbocycles. The number of carbonyl (C=O) groups excluding carboxylic acids is 1. The van der Waals surface area contributed by atoms with Gasteiger partial charge in [-0.1, -0.05) is 12.8 Å². The second-order valence-corrected chi connectivity index (χ2v) is 3.72. The molecule has 2 saturated heterocycles. The first-order valence-corrected chi connectivity index (χ1v) is 4.62. The average Bonchev–Trinajstić information content (AvgIpc) is 2.17. The van der Waals surface area contributed by atoms with Gasteiger partial charge in [-0.15, -0.1) is 0 Å². The van der Waals surface area contributed by atoms with Crippen molar-refractivity contribution in [3.63, 3.8) is 0 Å². The van der Waals surface area contributed by atoms with Crippen LogP contribution in [0.25, 0.3) is 0 Å². The molecule has 0 aromatic carbocycles. The van der Waals surface area contributed by atoms with Gasteiger partial charge in [-0.05, 0) is 19.4 Å². The number of rotatable bonds is 0. The third-order valence-electron chi connectivity index (χ3n) is 2.84. The lowest BCUT2D eigenvalue weighted by atomic mass is 10.1. The topological polar surface area (TPSA) is 20.3 Å². The summed E-state index contributed by atoms with van der Waals surface area (Å²) >= 11 is 0. The maximum absolute atomic E-state index is 11.1. The molecule has 0 aromatic rings. The van der Waals surface area contributed by atoms with Crippen molar-refractivity contribution in [2.75, 3.05) is 13.1 Å². The fourth-order valence-corrected chi connectivity index (χ4v) is 2.23. The van der Waals surface area contributed by atoms with E-state index in [-0.39, 0.29) is 0 Å². The number of carbonyl (C=O) groups is 1. The molecule has 2 fully saturated rings. The molecule has 11 heavy (non-hydrogen) atoms. The Hall–Kier alpha value is -0.370. The summed E-state index contributed by atoms with van der Waals surface area (Å²) in [6, 6.07) is 0.616. The third-order valence-corrected chi connectivity index (χ3v) is 2.84. The van der Waals surface area contributed by atoms with Crippen LogP contribution in [0.5, 0.6) is 0 Å². The van der Waals surface area contributed by atoms with Gasteiger partial charge < -0.3 is 0 Å². The number of hydrogen-bond donors (Lipinski definition) is 0. The highest BCUT2D eigenvalue weighted by atomic mass is 16.1. The van der Waals surface area contributed by atoms with E-state index in [2.05, 4.69) is 4.90 Å². The van der Waals surface area contributed by atoms with Crippen molar-refractivity contribution in [2.24, 2.45) is 0 Å². The predicted octanol–water partition coefficient (Wildman–Crippen LogP) is 1.20. The number of nitrogens with zero attached hydrogens (tertiary/aromatic N) is 1. The molecule has 0 radical (unpaired) electrons. The van der Waals surface area contributed by atoms with Crippen LogP contribution < -0.4 is 0 Å². The number of Topliss-reactive ketones (excluding diaryl/α,β-unsaturated/α-hetero) is 1. The summed E-state index contributed by atoms with van der Waals surface area (Å²) < 4.78 is 0. The van der Waals surface area contributed by atoms with Crippen LogP contribution >= 0.6 is 0 Å². The lowest BCUT2D eigenvalue weighted by Crippen LogP contribution is -2.28. The van der Waals surface area contributed by atoms with Gasteiger partial charge in [0.05, 0.1) is 6.54 Å². The van der Waals surface area contributed by atoms with Crippen LogP contribution in [0.4, 0.5) is 0 Å². The van der Waals surface area contributed by atoms with Crippen LogP contribution in [0.15, 0.2) is 0 Å². The highest BCUT2D eigenvalue weighted by Gasteiger charge is 2.30. The van der Waals surface area contributed by atoms with E-state index >= 15 is 0 Å². The van der Waals surface area contributed by atoms with Crippen LogP contribution in [0.1, 0.15) is 32.1 Å². The van der Waals surface area contributed by atoms with E-state index in [1.165, 1.54) is 25.7 Å².